The van der Waals surface area contributed by atoms with E-state index in [2.05, 4.69) is 0 Å². The summed E-state index contributed by atoms with van der Waals surface area (Å²) in [7, 11) is 1.45. The molecule has 6 atom stereocenters. The summed E-state index contributed by atoms with van der Waals surface area (Å²) in [6.07, 6.45) is -4.41. The summed E-state index contributed by atoms with van der Waals surface area (Å²) in [6, 6.07) is 9.46. The van der Waals surface area contributed by atoms with E-state index in [0.29, 0.717) is 0 Å². The average Bonchev–Trinajstić information content (AvgIpc) is 2.57. The highest BCUT2D eigenvalue weighted by molar-refractivity contribution is 7.82. The average molecular weight is 361 g/mol. The molecule has 3 rings (SSSR count). The standard InChI is InChI=1S/C15H17ClO6S/c1-18-14-12(22-15(16)23)10(17)11-9(20-14)7-19-13(21-11)8-5-3-2-4-6-8/h2-6,9-14,17H,7H2,1H3/t9-,10+,11-,12-,13?,14+/m1/s1. The topological polar surface area (TPSA) is 66.4 Å². The Hall–Kier alpha value is -0.800. The summed E-state index contributed by atoms with van der Waals surface area (Å²) < 4.78 is 27.5. The molecule has 0 amide bonds. The Labute approximate surface area is 144 Å². The van der Waals surface area contributed by atoms with E-state index in [9.17, 15) is 5.11 Å². The first kappa shape index (κ1) is 17.0. The fourth-order valence-corrected chi connectivity index (χ4v) is 2.98. The molecule has 0 spiro atoms. The van der Waals surface area contributed by atoms with Crippen LogP contribution in [0.3, 0.4) is 0 Å². The van der Waals surface area contributed by atoms with Crippen LogP contribution >= 0.6 is 23.8 Å². The molecule has 2 heterocycles. The second kappa shape index (κ2) is 7.40. The molecule has 1 unspecified atom stereocenters. The number of benzene rings is 1. The molecule has 1 aromatic carbocycles. The molecule has 23 heavy (non-hydrogen) atoms. The fraction of sp³-hybridized carbons (Fsp3) is 0.533. The van der Waals surface area contributed by atoms with Crippen LogP contribution in [0.2, 0.25) is 0 Å². The third kappa shape index (κ3) is 3.66. The van der Waals surface area contributed by atoms with Crippen molar-refractivity contribution in [2.45, 2.75) is 37.0 Å². The SMILES string of the molecule is CO[C@H]1O[C@@H]2COC(c3ccccc3)O[C@H]2[C@H](O)[C@H]1OC(=S)Cl. The van der Waals surface area contributed by atoms with Gasteiger partial charge in [-0.1, -0.05) is 30.3 Å². The van der Waals surface area contributed by atoms with Gasteiger partial charge in [-0.2, -0.15) is 0 Å². The second-order valence-corrected chi connectivity index (χ2v) is 6.20. The molecule has 1 N–H and O–H groups in total. The lowest BCUT2D eigenvalue weighted by molar-refractivity contribution is -0.355. The molecule has 0 aliphatic carbocycles. The van der Waals surface area contributed by atoms with E-state index >= 15 is 0 Å². The van der Waals surface area contributed by atoms with Crippen LogP contribution in [0.25, 0.3) is 0 Å². The van der Waals surface area contributed by atoms with Gasteiger partial charge in [0.2, 0.25) is 0 Å². The number of methoxy groups -OCH3 is 1. The number of ether oxygens (including phenoxy) is 5. The second-order valence-electron chi connectivity index (χ2n) is 5.27. The van der Waals surface area contributed by atoms with Crippen molar-refractivity contribution in [1.82, 2.24) is 0 Å². The van der Waals surface area contributed by atoms with Gasteiger partial charge in [0, 0.05) is 12.7 Å². The van der Waals surface area contributed by atoms with Gasteiger partial charge in [-0.05, 0) is 23.8 Å². The molecule has 2 fully saturated rings. The number of aliphatic hydroxyl groups is 1. The Morgan fingerprint density at radius 2 is 2.04 bits per heavy atom. The van der Waals surface area contributed by atoms with Gasteiger partial charge >= 0.3 is 0 Å². The number of thiocarbonyl (C=S) groups is 1. The molecule has 126 valence electrons. The summed E-state index contributed by atoms with van der Waals surface area (Å²) in [4.78, 5) is 0. The lowest BCUT2D eigenvalue weighted by Crippen LogP contribution is -2.62. The van der Waals surface area contributed by atoms with Gasteiger partial charge in [0.05, 0.1) is 6.61 Å². The van der Waals surface area contributed by atoms with Crippen molar-refractivity contribution in [2.75, 3.05) is 13.7 Å². The molecule has 0 bridgehead atoms. The van der Waals surface area contributed by atoms with E-state index < -0.39 is 37.0 Å². The number of fused-ring (bicyclic) bond motifs is 1. The number of aliphatic hydroxyl groups excluding tert-OH is 1. The van der Waals surface area contributed by atoms with Gasteiger partial charge in [-0.3, -0.25) is 0 Å². The zero-order valence-electron chi connectivity index (χ0n) is 12.3. The molecule has 6 nitrogen and oxygen atoms in total. The van der Waals surface area contributed by atoms with Gasteiger partial charge < -0.3 is 28.8 Å². The first-order valence-corrected chi connectivity index (χ1v) is 7.93. The van der Waals surface area contributed by atoms with Gasteiger partial charge in [0.1, 0.15) is 18.3 Å². The molecule has 2 saturated heterocycles. The van der Waals surface area contributed by atoms with Gasteiger partial charge in [-0.25, -0.2) is 0 Å². The van der Waals surface area contributed by atoms with E-state index in [1.807, 2.05) is 30.3 Å². The van der Waals surface area contributed by atoms with Crippen LogP contribution < -0.4 is 0 Å². The molecular weight excluding hydrogens is 344 g/mol. The molecular formula is C15H17ClO6S. The smallest absolute Gasteiger partial charge is 0.255 e. The first-order chi connectivity index (χ1) is 11.1. The molecule has 2 aliphatic rings. The van der Waals surface area contributed by atoms with E-state index in [1.54, 1.807) is 0 Å². The monoisotopic (exact) mass is 360 g/mol. The molecule has 0 saturated carbocycles. The van der Waals surface area contributed by atoms with Crippen LogP contribution in [-0.2, 0) is 23.7 Å². The molecule has 8 heteroatoms. The van der Waals surface area contributed by atoms with Crippen molar-refractivity contribution in [3.63, 3.8) is 0 Å². The van der Waals surface area contributed by atoms with Crippen LogP contribution in [0.15, 0.2) is 30.3 Å². The minimum Gasteiger partial charge on any atom is -0.463 e. The lowest BCUT2D eigenvalue weighted by Gasteiger charge is -2.46. The Balaban J connectivity index is 1.76. The maximum atomic E-state index is 10.6. The van der Waals surface area contributed by atoms with Crippen molar-refractivity contribution >= 4 is 28.3 Å². The third-order valence-electron chi connectivity index (χ3n) is 3.84. The number of hydrogen-bond acceptors (Lipinski definition) is 7. The molecule has 0 radical (unpaired) electrons. The zero-order valence-corrected chi connectivity index (χ0v) is 13.9. The summed E-state index contributed by atoms with van der Waals surface area (Å²) in [5, 5.41) is 10.6. The summed E-state index contributed by atoms with van der Waals surface area (Å²) >= 11 is 10.4. The van der Waals surface area contributed by atoms with Gasteiger partial charge in [0.15, 0.2) is 18.7 Å². The molecule has 0 aromatic heterocycles. The Bertz CT molecular complexity index is 544. The fourth-order valence-electron chi connectivity index (χ4n) is 2.77. The third-order valence-corrected chi connectivity index (χ3v) is 4.03. The lowest BCUT2D eigenvalue weighted by atomic mass is 9.97. The molecule has 1 aromatic rings. The Kier molecular flexibility index (Phi) is 5.48. The van der Waals surface area contributed by atoms with Crippen LogP contribution in [-0.4, -0.2) is 54.0 Å². The van der Waals surface area contributed by atoms with E-state index in [4.69, 9.17) is 47.5 Å². The minimum absolute atomic E-state index is 0.218. The van der Waals surface area contributed by atoms with Crippen molar-refractivity contribution < 1.29 is 28.8 Å². The van der Waals surface area contributed by atoms with Crippen LogP contribution in [0, 0.1) is 0 Å². The maximum absolute atomic E-state index is 10.6. The van der Waals surface area contributed by atoms with Crippen molar-refractivity contribution in [1.29, 1.82) is 0 Å². The highest BCUT2D eigenvalue weighted by Crippen LogP contribution is 2.35. The van der Waals surface area contributed by atoms with Crippen LogP contribution in [0.1, 0.15) is 11.9 Å². The summed E-state index contributed by atoms with van der Waals surface area (Å²) in [5.41, 5.74) is 0.859. The predicted molar refractivity (Wildman–Crippen MR) is 85.0 cm³/mol. The number of halogens is 1. The van der Waals surface area contributed by atoms with Crippen molar-refractivity contribution in [2.24, 2.45) is 0 Å². The van der Waals surface area contributed by atoms with Crippen molar-refractivity contribution in [3.05, 3.63) is 35.9 Å². The van der Waals surface area contributed by atoms with Crippen molar-refractivity contribution in [3.8, 4) is 0 Å². The maximum Gasteiger partial charge on any atom is 0.255 e. The van der Waals surface area contributed by atoms with E-state index in [0.717, 1.165) is 5.56 Å². The highest BCUT2D eigenvalue weighted by Gasteiger charge is 2.51. The highest BCUT2D eigenvalue weighted by atomic mass is 35.5. The van der Waals surface area contributed by atoms with Gasteiger partial charge in [-0.15, -0.1) is 0 Å². The number of hydrogen-bond donors (Lipinski definition) is 1. The Morgan fingerprint density at radius 3 is 2.70 bits per heavy atom. The zero-order chi connectivity index (χ0) is 16.4. The summed E-state index contributed by atoms with van der Waals surface area (Å²) in [5.74, 6) is 0. The van der Waals surface area contributed by atoms with Crippen LogP contribution in [0.5, 0.6) is 0 Å². The largest absolute Gasteiger partial charge is 0.463 e. The minimum atomic E-state index is -1.02. The normalized spacial score (nSPS) is 37.0. The van der Waals surface area contributed by atoms with E-state index in [-0.39, 0.29) is 11.1 Å². The Morgan fingerprint density at radius 1 is 1.30 bits per heavy atom. The summed E-state index contributed by atoms with van der Waals surface area (Å²) in [6.45, 7) is 0.263. The predicted octanol–water partition coefficient (Wildman–Crippen LogP) is 1.74. The quantitative estimate of drug-likeness (QED) is 0.650. The molecule has 2 aliphatic heterocycles. The first-order valence-electron chi connectivity index (χ1n) is 7.14. The van der Waals surface area contributed by atoms with Gasteiger partial charge in [0.25, 0.3) is 4.51 Å². The van der Waals surface area contributed by atoms with E-state index in [1.165, 1.54) is 7.11 Å². The number of rotatable bonds is 3. The van der Waals surface area contributed by atoms with Crippen LogP contribution in [0.4, 0.5) is 0 Å².